The van der Waals surface area contributed by atoms with E-state index in [0.717, 1.165) is 4.47 Å². The zero-order valence-corrected chi connectivity index (χ0v) is 23.3. The van der Waals surface area contributed by atoms with Gasteiger partial charge in [0.15, 0.2) is 0 Å². The molecule has 0 fully saturated rings. The summed E-state index contributed by atoms with van der Waals surface area (Å²) in [4.78, 5) is 0. The van der Waals surface area contributed by atoms with Crippen LogP contribution in [0.2, 0.25) is 0 Å². The normalized spacial score (nSPS) is 11.6. The highest BCUT2D eigenvalue weighted by Gasteiger charge is 2.19. The van der Waals surface area contributed by atoms with Gasteiger partial charge in [-0.15, -0.1) is 0 Å². The number of hydrogen-bond donors (Lipinski definition) is 0. The molecule has 0 atom stereocenters. The predicted octanol–water partition coefficient (Wildman–Crippen LogP) is 11.2. The van der Waals surface area contributed by atoms with Gasteiger partial charge in [0.25, 0.3) is 0 Å². The molecule has 0 bridgehead atoms. The first-order valence-corrected chi connectivity index (χ1v) is 14.4. The average molecular weight is 575 g/mol. The lowest BCUT2D eigenvalue weighted by Crippen LogP contribution is -1.98. The number of fused-ring (bicyclic) bond motifs is 5. The molecule has 1 aromatic heterocycles. The van der Waals surface area contributed by atoms with Crippen molar-refractivity contribution in [2.45, 2.75) is 0 Å². The van der Waals surface area contributed by atoms with Crippen molar-refractivity contribution < 1.29 is 0 Å². The van der Waals surface area contributed by atoms with Crippen molar-refractivity contribution in [3.8, 4) is 27.9 Å². The molecule has 188 valence electrons. The van der Waals surface area contributed by atoms with E-state index in [1.165, 1.54) is 71.3 Å². The third-order valence-corrected chi connectivity index (χ3v) is 8.89. The lowest BCUT2D eigenvalue weighted by atomic mass is 10.0. The summed E-state index contributed by atoms with van der Waals surface area (Å²) in [7, 11) is 0. The molecule has 0 aliphatic heterocycles. The highest BCUT2D eigenvalue weighted by molar-refractivity contribution is 9.10. The fraction of sp³-hybridized carbons (Fsp3) is 0. The van der Waals surface area contributed by atoms with E-state index in [-0.39, 0.29) is 0 Å². The van der Waals surface area contributed by atoms with Gasteiger partial charge in [-0.05, 0) is 73.2 Å². The Morgan fingerprint density at radius 1 is 0.350 bits per heavy atom. The number of benzene rings is 7. The number of nitrogens with zero attached hydrogens (tertiary/aromatic N) is 1. The zero-order valence-electron chi connectivity index (χ0n) is 21.7. The Morgan fingerprint density at radius 3 is 1.20 bits per heavy atom. The van der Waals surface area contributed by atoms with Crippen LogP contribution in [0.15, 0.2) is 150 Å². The minimum Gasteiger partial charge on any atom is -0.308 e. The van der Waals surface area contributed by atoms with Crippen LogP contribution in [0.1, 0.15) is 0 Å². The van der Waals surface area contributed by atoms with Crippen molar-refractivity contribution in [1.82, 2.24) is 4.57 Å². The maximum Gasteiger partial charge on any atom is 0.0619 e. The molecule has 8 rings (SSSR count). The molecule has 2 heteroatoms. The van der Waals surface area contributed by atoms with Gasteiger partial charge in [-0.3, -0.25) is 0 Å². The van der Waals surface area contributed by atoms with Crippen molar-refractivity contribution in [2.24, 2.45) is 0 Å². The Morgan fingerprint density at radius 2 is 0.750 bits per heavy atom. The largest absolute Gasteiger partial charge is 0.308 e. The summed E-state index contributed by atoms with van der Waals surface area (Å²) in [5.41, 5.74) is 8.53. The minimum atomic E-state index is 1.14. The summed E-state index contributed by atoms with van der Waals surface area (Å²) in [5, 5.41) is 7.40. The summed E-state index contributed by atoms with van der Waals surface area (Å²) in [6, 6.07) is 52.6. The first-order chi connectivity index (χ1) is 19.8. The summed E-state index contributed by atoms with van der Waals surface area (Å²) in [6.45, 7) is 0. The van der Waals surface area contributed by atoms with E-state index in [1.54, 1.807) is 0 Å². The van der Waals surface area contributed by atoms with E-state index < -0.39 is 0 Å². The van der Waals surface area contributed by atoms with Gasteiger partial charge >= 0.3 is 0 Å². The number of halogens is 1. The first-order valence-electron chi connectivity index (χ1n) is 13.6. The molecule has 7 aromatic carbocycles. The lowest BCUT2D eigenvalue weighted by Gasteiger charge is -2.17. The molecule has 0 radical (unpaired) electrons. The van der Waals surface area contributed by atoms with Crippen LogP contribution in [0, 0.1) is 0 Å². The van der Waals surface area contributed by atoms with Crippen molar-refractivity contribution >= 4 is 59.3 Å². The van der Waals surface area contributed by atoms with Gasteiger partial charge in [0, 0.05) is 26.0 Å². The van der Waals surface area contributed by atoms with Crippen LogP contribution in [0.3, 0.4) is 0 Å². The van der Waals surface area contributed by atoms with Gasteiger partial charge in [-0.1, -0.05) is 121 Å². The highest BCUT2D eigenvalue weighted by atomic mass is 79.9. The third-order valence-electron chi connectivity index (χ3n) is 8.04. The minimum absolute atomic E-state index is 1.14. The molecule has 8 aromatic rings. The van der Waals surface area contributed by atoms with E-state index in [0.29, 0.717) is 0 Å². The summed E-state index contributed by atoms with van der Waals surface area (Å²) in [5.74, 6) is 0. The van der Waals surface area contributed by atoms with E-state index in [4.69, 9.17) is 0 Å². The molecule has 40 heavy (non-hydrogen) atoms. The van der Waals surface area contributed by atoms with Crippen LogP contribution in [-0.2, 0) is 0 Å². The van der Waals surface area contributed by atoms with Crippen LogP contribution in [0.5, 0.6) is 0 Å². The lowest BCUT2D eigenvalue weighted by molar-refractivity contribution is 1.21. The second-order valence-corrected chi connectivity index (χ2v) is 11.1. The Hall–Kier alpha value is -4.66. The third kappa shape index (κ3) is 3.53. The molecular formula is C38H24BrN. The molecule has 0 unspecified atom stereocenters. The highest BCUT2D eigenvalue weighted by Crippen LogP contribution is 2.43. The van der Waals surface area contributed by atoms with Crippen LogP contribution in [0.25, 0.3) is 71.3 Å². The summed E-state index contributed by atoms with van der Waals surface area (Å²) in [6.07, 6.45) is 0. The number of hydrogen-bond acceptors (Lipinski definition) is 0. The molecule has 0 N–H and O–H groups in total. The molecule has 0 saturated heterocycles. The Balaban J connectivity index is 1.54. The van der Waals surface area contributed by atoms with Crippen LogP contribution >= 0.6 is 15.9 Å². The Kier molecular flexibility index (Phi) is 5.36. The van der Waals surface area contributed by atoms with Crippen molar-refractivity contribution in [3.63, 3.8) is 0 Å². The molecule has 0 aliphatic rings. The van der Waals surface area contributed by atoms with Gasteiger partial charge in [-0.2, -0.15) is 0 Å². The van der Waals surface area contributed by atoms with Crippen molar-refractivity contribution in [2.75, 3.05) is 0 Å². The topological polar surface area (TPSA) is 4.93 Å². The monoisotopic (exact) mass is 573 g/mol. The smallest absolute Gasteiger partial charge is 0.0619 e. The Bertz CT molecular complexity index is 2060. The first kappa shape index (κ1) is 23.2. The predicted molar refractivity (Wildman–Crippen MR) is 174 cm³/mol. The van der Waals surface area contributed by atoms with E-state index in [2.05, 4.69) is 166 Å². The maximum absolute atomic E-state index is 3.94. The summed E-state index contributed by atoms with van der Waals surface area (Å²) >= 11 is 3.94. The molecule has 1 nitrogen and oxygen atoms in total. The van der Waals surface area contributed by atoms with E-state index >= 15 is 0 Å². The van der Waals surface area contributed by atoms with Crippen molar-refractivity contribution in [1.29, 1.82) is 0 Å². The van der Waals surface area contributed by atoms with E-state index in [1.807, 2.05) is 0 Å². The van der Waals surface area contributed by atoms with E-state index in [9.17, 15) is 0 Å². The van der Waals surface area contributed by atoms with Gasteiger partial charge < -0.3 is 4.57 Å². The standard InChI is InChI=1S/C38H24BrN/c39-37-29-15-7-9-17-31(29)38(32-18-10-8-16-30(32)37)40-35-21-19-27(25-11-3-1-4-12-25)23-33(35)34-24-28(20-22-36(34)40)26-13-5-2-6-14-26/h1-24H. The van der Waals surface area contributed by atoms with Crippen LogP contribution in [0.4, 0.5) is 0 Å². The molecule has 0 spiro atoms. The second kappa shape index (κ2) is 9.22. The zero-order chi connectivity index (χ0) is 26.6. The van der Waals surface area contributed by atoms with Crippen LogP contribution in [-0.4, -0.2) is 4.57 Å². The van der Waals surface area contributed by atoms with Gasteiger partial charge in [0.1, 0.15) is 0 Å². The maximum atomic E-state index is 3.94. The van der Waals surface area contributed by atoms with Crippen LogP contribution < -0.4 is 0 Å². The molecule has 0 aliphatic carbocycles. The fourth-order valence-electron chi connectivity index (χ4n) is 6.18. The van der Waals surface area contributed by atoms with Gasteiger partial charge in [0.05, 0.1) is 16.7 Å². The molecule has 0 amide bonds. The number of aromatic nitrogens is 1. The van der Waals surface area contributed by atoms with Crippen molar-refractivity contribution in [3.05, 3.63) is 150 Å². The SMILES string of the molecule is Brc1c2ccccc2c(-n2c3ccc(-c4ccccc4)cc3c3cc(-c4ccccc4)ccc32)c2ccccc12. The fourth-order valence-corrected chi connectivity index (χ4v) is 6.87. The molecular weight excluding hydrogens is 550 g/mol. The van der Waals surface area contributed by atoms with Gasteiger partial charge in [0.2, 0.25) is 0 Å². The average Bonchev–Trinajstić information content (AvgIpc) is 3.35. The second-order valence-electron chi connectivity index (χ2n) is 10.3. The quantitative estimate of drug-likeness (QED) is 0.185. The Labute approximate surface area is 241 Å². The molecule has 0 saturated carbocycles. The number of rotatable bonds is 3. The summed E-state index contributed by atoms with van der Waals surface area (Å²) < 4.78 is 3.62. The van der Waals surface area contributed by atoms with Gasteiger partial charge in [-0.25, -0.2) is 0 Å². The molecule has 1 heterocycles.